The highest BCUT2D eigenvalue weighted by Gasteiger charge is 2.07. The minimum atomic E-state index is -0.447. The standard InChI is InChI=1S/C15H14FNO2S/c16-13-7-6-11(10-14(13)20)15(18)17-8-9-19-12-4-2-1-3-5-12/h1-7,10,20H,8-9H2,(H,17,18). The van der Waals surface area contributed by atoms with Crippen molar-refractivity contribution < 1.29 is 13.9 Å². The number of ether oxygens (including phenoxy) is 1. The molecule has 2 aromatic rings. The maximum atomic E-state index is 13.0. The third kappa shape index (κ3) is 3.99. The van der Waals surface area contributed by atoms with E-state index in [2.05, 4.69) is 17.9 Å². The summed E-state index contributed by atoms with van der Waals surface area (Å²) in [7, 11) is 0. The molecular formula is C15H14FNO2S. The monoisotopic (exact) mass is 291 g/mol. The number of hydrogen-bond acceptors (Lipinski definition) is 3. The quantitative estimate of drug-likeness (QED) is 0.656. The molecule has 20 heavy (non-hydrogen) atoms. The van der Waals surface area contributed by atoms with Crippen LogP contribution in [0.4, 0.5) is 4.39 Å². The first kappa shape index (κ1) is 14.4. The lowest BCUT2D eigenvalue weighted by atomic mass is 10.2. The van der Waals surface area contributed by atoms with Crippen LogP contribution in [0.3, 0.4) is 0 Å². The summed E-state index contributed by atoms with van der Waals surface area (Å²) >= 11 is 3.94. The van der Waals surface area contributed by atoms with Gasteiger partial charge in [0.25, 0.3) is 5.91 Å². The largest absolute Gasteiger partial charge is 0.492 e. The Morgan fingerprint density at radius 3 is 2.65 bits per heavy atom. The van der Waals surface area contributed by atoms with Gasteiger partial charge in [-0.1, -0.05) is 18.2 Å². The van der Waals surface area contributed by atoms with Crippen molar-refractivity contribution in [3.8, 4) is 5.75 Å². The van der Waals surface area contributed by atoms with Crippen LogP contribution in [-0.2, 0) is 0 Å². The molecule has 0 saturated heterocycles. The molecule has 5 heteroatoms. The molecule has 0 bridgehead atoms. The number of carbonyl (C=O) groups excluding carboxylic acids is 1. The van der Waals surface area contributed by atoms with Gasteiger partial charge in [0.05, 0.1) is 6.54 Å². The fourth-order valence-electron chi connectivity index (χ4n) is 1.61. The summed E-state index contributed by atoms with van der Waals surface area (Å²) in [5, 5.41) is 2.70. The zero-order chi connectivity index (χ0) is 14.4. The molecule has 0 spiro atoms. The number of benzene rings is 2. The van der Waals surface area contributed by atoms with Crippen molar-refractivity contribution in [2.45, 2.75) is 4.90 Å². The number of amides is 1. The third-order valence-corrected chi connectivity index (χ3v) is 2.95. The van der Waals surface area contributed by atoms with Crippen LogP contribution in [-0.4, -0.2) is 19.1 Å². The summed E-state index contributed by atoms with van der Waals surface area (Å²) in [6, 6.07) is 13.4. The van der Waals surface area contributed by atoms with Gasteiger partial charge >= 0.3 is 0 Å². The second-order valence-electron chi connectivity index (χ2n) is 4.08. The van der Waals surface area contributed by atoms with Gasteiger partial charge in [0.2, 0.25) is 0 Å². The summed E-state index contributed by atoms with van der Waals surface area (Å²) in [6.45, 7) is 0.734. The smallest absolute Gasteiger partial charge is 0.251 e. The zero-order valence-corrected chi connectivity index (χ0v) is 11.6. The van der Waals surface area contributed by atoms with E-state index in [0.29, 0.717) is 18.7 Å². The van der Waals surface area contributed by atoms with Crippen LogP contribution < -0.4 is 10.1 Å². The van der Waals surface area contributed by atoms with E-state index < -0.39 is 5.82 Å². The molecule has 0 heterocycles. The molecule has 0 atom stereocenters. The molecule has 0 aromatic heterocycles. The molecule has 2 rings (SSSR count). The Kier molecular flexibility index (Phi) is 5.01. The van der Waals surface area contributed by atoms with Crippen LogP contribution in [0.5, 0.6) is 5.75 Å². The second-order valence-corrected chi connectivity index (χ2v) is 4.57. The van der Waals surface area contributed by atoms with Gasteiger partial charge in [-0.3, -0.25) is 4.79 Å². The van der Waals surface area contributed by atoms with E-state index in [1.165, 1.54) is 18.2 Å². The molecule has 0 unspecified atom stereocenters. The van der Waals surface area contributed by atoms with E-state index in [9.17, 15) is 9.18 Å². The van der Waals surface area contributed by atoms with Gasteiger partial charge in [0.1, 0.15) is 18.2 Å². The van der Waals surface area contributed by atoms with Crippen LogP contribution in [0.25, 0.3) is 0 Å². The number of rotatable bonds is 5. The number of halogens is 1. The predicted octanol–water partition coefficient (Wildman–Crippen LogP) is 2.92. The van der Waals surface area contributed by atoms with Crippen molar-refractivity contribution in [3.05, 3.63) is 59.9 Å². The van der Waals surface area contributed by atoms with Crippen molar-refractivity contribution in [3.63, 3.8) is 0 Å². The summed E-state index contributed by atoms with van der Waals surface area (Å²) in [4.78, 5) is 11.9. The summed E-state index contributed by atoms with van der Waals surface area (Å²) in [6.07, 6.45) is 0. The minimum Gasteiger partial charge on any atom is -0.492 e. The van der Waals surface area contributed by atoms with Gasteiger partial charge in [0.15, 0.2) is 0 Å². The number of nitrogens with one attached hydrogen (secondary N) is 1. The van der Waals surface area contributed by atoms with Crippen molar-refractivity contribution in [2.24, 2.45) is 0 Å². The Labute approximate surface area is 122 Å². The first-order chi connectivity index (χ1) is 9.66. The van der Waals surface area contributed by atoms with Gasteiger partial charge in [-0.15, -0.1) is 12.6 Å². The van der Waals surface area contributed by atoms with Gasteiger partial charge in [-0.25, -0.2) is 4.39 Å². The summed E-state index contributed by atoms with van der Waals surface area (Å²) < 4.78 is 18.5. The first-order valence-electron chi connectivity index (χ1n) is 6.11. The van der Waals surface area contributed by atoms with Gasteiger partial charge in [0, 0.05) is 10.5 Å². The van der Waals surface area contributed by atoms with Crippen molar-refractivity contribution in [2.75, 3.05) is 13.2 Å². The van der Waals surface area contributed by atoms with Crippen LogP contribution in [0.2, 0.25) is 0 Å². The van der Waals surface area contributed by atoms with Crippen molar-refractivity contribution >= 4 is 18.5 Å². The second kappa shape index (κ2) is 6.96. The molecular weight excluding hydrogens is 277 g/mol. The number of carbonyl (C=O) groups is 1. The molecule has 3 nitrogen and oxygen atoms in total. The molecule has 1 amide bonds. The molecule has 0 fully saturated rings. The maximum Gasteiger partial charge on any atom is 0.251 e. The van der Waals surface area contributed by atoms with Crippen LogP contribution in [0.1, 0.15) is 10.4 Å². The highest BCUT2D eigenvalue weighted by atomic mass is 32.1. The number of para-hydroxylation sites is 1. The average Bonchev–Trinajstić information content (AvgIpc) is 2.47. The Morgan fingerprint density at radius 1 is 1.20 bits per heavy atom. The summed E-state index contributed by atoms with van der Waals surface area (Å²) in [5.74, 6) is 0.0235. The van der Waals surface area contributed by atoms with Crippen molar-refractivity contribution in [1.29, 1.82) is 0 Å². The lowest BCUT2D eigenvalue weighted by Crippen LogP contribution is -2.28. The van der Waals surface area contributed by atoms with Crippen LogP contribution in [0.15, 0.2) is 53.4 Å². The van der Waals surface area contributed by atoms with Gasteiger partial charge < -0.3 is 10.1 Å². The van der Waals surface area contributed by atoms with Gasteiger partial charge in [-0.2, -0.15) is 0 Å². The molecule has 2 aromatic carbocycles. The lowest BCUT2D eigenvalue weighted by molar-refractivity contribution is 0.0946. The molecule has 0 aliphatic heterocycles. The van der Waals surface area contributed by atoms with E-state index in [-0.39, 0.29) is 10.8 Å². The molecule has 0 radical (unpaired) electrons. The van der Waals surface area contributed by atoms with Gasteiger partial charge in [-0.05, 0) is 30.3 Å². The molecule has 0 aliphatic rings. The third-order valence-electron chi connectivity index (χ3n) is 2.61. The van der Waals surface area contributed by atoms with E-state index in [0.717, 1.165) is 5.75 Å². The normalized spacial score (nSPS) is 10.1. The highest BCUT2D eigenvalue weighted by Crippen LogP contribution is 2.14. The SMILES string of the molecule is O=C(NCCOc1ccccc1)c1ccc(F)c(S)c1. The van der Waals surface area contributed by atoms with Crippen molar-refractivity contribution in [1.82, 2.24) is 5.32 Å². The fraction of sp³-hybridized carbons (Fsp3) is 0.133. The molecule has 1 N–H and O–H groups in total. The minimum absolute atomic E-state index is 0.151. The Bertz CT molecular complexity index is 590. The van der Waals surface area contributed by atoms with E-state index in [4.69, 9.17) is 4.74 Å². The Morgan fingerprint density at radius 2 is 1.95 bits per heavy atom. The summed E-state index contributed by atoms with van der Waals surface area (Å²) in [5.41, 5.74) is 0.371. The number of hydrogen-bond donors (Lipinski definition) is 2. The first-order valence-corrected chi connectivity index (χ1v) is 6.56. The molecule has 0 saturated carbocycles. The highest BCUT2D eigenvalue weighted by molar-refractivity contribution is 7.80. The average molecular weight is 291 g/mol. The lowest BCUT2D eigenvalue weighted by Gasteiger charge is -2.08. The molecule has 0 aliphatic carbocycles. The Balaban J connectivity index is 1.79. The van der Waals surface area contributed by atoms with Crippen LogP contribution in [0, 0.1) is 5.82 Å². The molecule has 104 valence electrons. The van der Waals surface area contributed by atoms with E-state index in [1.807, 2.05) is 30.3 Å². The number of thiol groups is 1. The Hall–Kier alpha value is -2.01. The zero-order valence-electron chi connectivity index (χ0n) is 10.7. The fourth-order valence-corrected chi connectivity index (χ4v) is 1.82. The van der Waals surface area contributed by atoms with E-state index >= 15 is 0 Å². The van der Waals surface area contributed by atoms with E-state index in [1.54, 1.807) is 0 Å². The predicted molar refractivity (Wildman–Crippen MR) is 77.9 cm³/mol. The topological polar surface area (TPSA) is 38.3 Å². The van der Waals surface area contributed by atoms with Crippen LogP contribution >= 0.6 is 12.6 Å². The maximum absolute atomic E-state index is 13.0.